The quantitative estimate of drug-likeness (QED) is 0.617. The molecule has 2 saturated heterocycles. The molecule has 0 unspecified atom stereocenters. The van der Waals surface area contributed by atoms with E-state index in [0.29, 0.717) is 29.5 Å². The van der Waals surface area contributed by atoms with Crippen LogP contribution in [0.15, 0.2) is 22.0 Å². The number of fused-ring (bicyclic) bond motifs is 3. The smallest absolute Gasteiger partial charge is 0.352 e. The summed E-state index contributed by atoms with van der Waals surface area (Å²) in [7, 11) is 0. The van der Waals surface area contributed by atoms with Gasteiger partial charge in [0.25, 0.3) is 0 Å². The molecule has 3 heterocycles. The normalized spacial score (nSPS) is 31.0. The Morgan fingerprint density at radius 2 is 2.04 bits per heavy atom. The van der Waals surface area contributed by atoms with Crippen LogP contribution in [0.4, 0.5) is 28.9 Å². The summed E-state index contributed by atoms with van der Waals surface area (Å²) in [6.45, 7) is 0.479. The van der Waals surface area contributed by atoms with Gasteiger partial charge >= 0.3 is 6.18 Å². The summed E-state index contributed by atoms with van der Waals surface area (Å²) in [6.07, 6.45) is -1.90. The van der Waals surface area contributed by atoms with Crippen molar-refractivity contribution < 1.29 is 17.6 Å². The Balaban J connectivity index is 1.63. The molecule has 25 heavy (non-hydrogen) atoms. The Kier molecular flexibility index (Phi) is 3.31. The highest BCUT2D eigenvalue weighted by Gasteiger charge is 2.58. The van der Waals surface area contributed by atoms with Crippen molar-refractivity contribution in [2.24, 2.45) is 10.9 Å². The molecule has 1 aromatic carbocycles. The van der Waals surface area contributed by atoms with Gasteiger partial charge in [-0.15, -0.1) is 0 Å². The van der Waals surface area contributed by atoms with E-state index in [2.05, 4.69) is 15.0 Å². The van der Waals surface area contributed by atoms with Crippen LogP contribution in [0.5, 0.6) is 0 Å². The molecule has 0 spiro atoms. The maximum absolute atomic E-state index is 14.1. The molecule has 5 rings (SSSR count). The van der Waals surface area contributed by atoms with Crippen molar-refractivity contribution in [1.82, 2.24) is 10.0 Å². The van der Waals surface area contributed by atoms with Gasteiger partial charge in [0.1, 0.15) is 23.4 Å². The molecular weight excluding hydrogens is 356 g/mol. The molecule has 4 nitrogen and oxygen atoms in total. The zero-order valence-corrected chi connectivity index (χ0v) is 13.9. The second kappa shape index (κ2) is 5.26. The highest BCUT2D eigenvalue weighted by atomic mass is 32.2. The van der Waals surface area contributed by atoms with E-state index in [0.717, 1.165) is 18.7 Å². The molecule has 134 valence electrons. The minimum absolute atomic E-state index is 0.262. The predicted molar refractivity (Wildman–Crippen MR) is 87.7 cm³/mol. The van der Waals surface area contributed by atoms with Crippen LogP contribution >= 0.6 is 11.9 Å². The molecule has 9 heteroatoms. The number of benzene rings is 1. The lowest BCUT2D eigenvalue weighted by molar-refractivity contribution is -0.152. The van der Waals surface area contributed by atoms with E-state index in [1.165, 1.54) is 29.0 Å². The van der Waals surface area contributed by atoms with E-state index >= 15 is 0 Å². The van der Waals surface area contributed by atoms with Crippen molar-refractivity contribution in [3.8, 4) is 0 Å². The highest BCUT2D eigenvalue weighted by Crippen LogP contribution is 2.49. The SMILES string of the molecule is Fc1cc2c(c(N3[C@@H]4CN[C@@H](C4)[C@H]3C(F)(F)F)c1)N=C(C1CC1)NS2. The van der Waals surface area contributed by atoms with Gasteiger partial charge in [-0.3, -0.25) is 0 Å². The van der Waals surface area contributed by atoms with Crippen molar-refractivity contribution >= 4 is 29.2 Å². The number of hydrogen-bond acceptors (Lipinski definition) is 5. The lowest BCUT2D eigenvalue weighted by Crippen LogP contribution is -2.58. The molecule has 3 fully saturated rings. The molecule has 4 aliphatic rings. The second-order valence-electron chi connectivity index (χ2n) is 7.05. The number of rotatable bonds is 2. The van der Waals surface area contributed by atoms with Crippen LogP contribution in [0.1, 0.15) is 19.3 Å². The van der Waals surface area contributed by atoms with E-state index in [4.69, 9.17) is 0 Å². The predicted octanol–water partition coefficient (Wildman–Crippen LogP) is 3.36. The molecule has 1 aromatic rings. The van der Waals surface area contributed by atoms with Gasteiger partial charge < -0.3 is 14.9 Å². The van der Waals surface area contributed by atoms with E-state index in [9.17, 15) is 17.6 Å². The maximum Gasteiger partial charge on any atom is 0.410 e. The van der Waals surface area contributed by atoms with Crippen LogP contribution in [0.2, 0.25) is 0 Å². The van der Waals surface area contributed by atoms with E-state index in [1.807, 2.05) is 0 Å². The zero-order valence-electron chi connectivity index (χ0n) is 13.1. The van der Waals surface area contributed by atoms with Crippen molar-refractivity contribution in [3.05, 3.63) is 17.9 Å². The first kappa shape index (κ1) is 15.7. The number of alkyl halides is 3. The number of anilines is 1. The van der Waals surface area contributed by atoms with Crippen LogP contribution in [0.25, 0.3) is 0 Å². The topological polar surface area (TPSA) is 39.7 Å². The fourth-order valence-corrected chi connectivity index (χ4v) is 4.93. The average Bonchev–Trinajstić information content (AvgIpc) is 3.20. The number of amidine groups is 1. The van der Waals surface area contributed by atoms with E-state index < -0.39 is 24.1 Å². The Bertz CT molecular complexity index is 761. The van der Waals surface area contributed by atoms with Gasteiger partial charge in [0.05, 0.1) is 10.6 Å². The van der Waals surface area contributed by atoms with Gasteiger partial charge in [0.15, 0.2) is 0 Å². The fraction of sp³-hybridized carbons (Fsp3) is 0.562. The van der Waals surface area contributed by atoms with Crippen LogP contribution in [0.3, 0.4) is 0 Å². The van der Waals surface area contributed by atoms with Crippen LogP contribution in [-0.4, -0.2) is 36.7 Å². The summed E-state index contributed by atoms with van der Waals surface area (Å²) in [6, 6.07) is -0.0411. The Hall–Kier alpha value is -1.48. The number of piperazine rings is 1. The Morgan fingerprint density at radius 1 is 1.24 bits per heavy atom. The largest absolute Gasteiger partial charge is 0.410 e. The second-order valence-corrected chi connectivity index (χ2v) is 7.89. The van der Waals surface area contributed by atoms with Gasteiger partial charge in [-0.25, -0.2) is 9.38 Å². The number of nitrogens with zero attached hydrogens (tertiary/aromatic N) is 2. The summed E-state index contributed by atoms with van der Waals surface area (Å²) in [4.78, 5) is 6.47. The third-order valence-corrected chi connectivity index (χ3v) is 6.15. The Morgan fingerprint density at radius 3 is 2.76 bits per heavy atom. The molecule has 0 radical (unpaired) electrons. The Labute approximate surface area is 146 Å². The number of aliphatic imine (C=N–C) groups is 1. The average molecular weight is 372 g/mol. The molecule has 3 atom stereocenters. The van der Waals surface area contributed by atoms with Crippen LogP contribution in [-0.2, 0) is 0 Å². The molecule has 3 aliphatic heterocycles. The molecule has 2 N–H and O–H groups in total. The summed E-state index contributed by atoms with van der Waals surface area (Å²) in [5.41, 5.74) is 0.729. The molecular formula is C16H16F4N4S. The number of nitrogens with one attached hydrogen (secondary N) is 2. The molecule has 0 amide bonds. The maximum atomic E-state index is 14.1. The lowest BCUT2D eigenvalue weighted by atomic mass is 10.1. The molecule has 2 bridgehead atoms. The fourth-order valence-electron chi connectivity index (χ4n) is 4.08. The van der Waals surface area contributed by atoms with Crippen LogP contribution in [0, 0.1) is 11.7 Å². The third-order valence-electron chi connectivity index (χ3n) is 5.31. The standard InChI is InChI=1S/C16H16F4N4S/c17-8-3-11(13-12(4-8)25-23-15(22-13)7-1-2-7)24-9-5-10(21-6-9)14(24)16(18,19)20/h3-4,7,9-10,14,21H,1-2,5-6H2,(H,22,23)/t9-,10-,14-/m0/s1. The van der Waals surface area contributed by atoms with Gasteiger partial charge in [-0.05, 0) is 43.3 Å². The number of halogens is 4. The van der Waals surface area contributed by atoms with Crippen molar-refractivity contribution in [2.45, 2.75) is 48.5 Å². The lowest BCUT2D eigenvalue weighted by Gasteiger charge is -2.39. The van der Waals surface area contributed by atoms with E-state index in [1.54, 1.807) is 0 Å². The van der Waals surface area contributed by atoms with Crippen molar-refractivity contribution in [3.63, 3.8) is 0 Å². The number of hydrogen-bond donors (Lipinski definition) is 2. The molecule has 1 aliphatic carbocycles. The third kappa shape index (κ3) is 2.51. The summed E-state index contributed by atoms with van der Waals surface area (Å²) in [5.74, 6) is 0.592. The highest BCUT2D eigenvalue weighted by molar-refractivity contribution is 7.98. The first-order valence-electron chi connectivity index (χ1n) is 8.35. The summed E-state index contributed by atoms with van der Waals surface area (Å²) >= 11 is 1.24. The van der Waals surface area contributed by atoms with Gasteiger partial charge in [-0.1, -0.05) is 0 Å². The monoisotopic (exact) mass is 372 g/mol. The van der Waals surface area contributed by atoms with Crippen LogP contribution < -0.4 is 14.9 Å². The van der Waals surface area contributed by atoms with Gasteiger partial charge in [0.2, 0.25) is 0 Å². The van der Waals surface area contributed by atoms with E-state index in [-0.39, 0.29) is 11.7 Å². The van der Waals surface area contributed by atoms with Crippen molar-refractivity contribution in [1.29, 1.82) is 0 Å². The summed E-state index contributed by atoms with van der Waals surface area (Å²) < 4.78 is 58.3. The minimum Gasteiger partial charge on any atom is -0.352 e. The summed E-state index contributed by atoms with van der Waals surface area (Å²) in [5, 5.41) is 2.94. The van der Waals surface area contributed by atoms with Gasteiger partial charge in [-0.2, -0.15) is 13.2 Å². The first-order chi connectivity index (χ1) is 11.9. The molecule has 0 aromatic heterocycles. The molecule has 1 saturated carbocycles. The van der Waals surface area contributed by atoms with Crippen molar-refractivity contribution in [2.75, 3.05) is 11.4 Å². The first-order valence-corrected chi connectivity index (χ1v) is 9.17. The van der Waals surface area contributed by atoms with Gasteiger partial charge in [0, 0.05) is 24.5 Å². The minimum atomic E-state index is -4.38. The zero-order chi connectivity index (χ0) is 17.3.